The van der Waals surface area contributed by atoms with Crippen LogP contribution in [0.15, 0.2) is 72.1 Å². The zero-order valence-electron chi connectivity index (χ0n) is 27.2. The summed E-state index contributed by atoms with van der Waals surface area (Å²) in [5.74, 6) is -0.389. The van der Waals surface area contributed by atoms with Gasteiger partial charge in [-0.3, -0.25) is 4.98 Å². The van der Waals surface area contributed by atoms with Crippen molar-refractivity contribution >= 4 is 42.5 Å². The van der Waals surface area contributed by atoms with Gasteiger partial charge in [0.1, 0.15) is 0 Å². The molecule has 4 heterocycles. The molecule has 3 aliphatic heterocycles. The van der Waals surface area contributed by atoms with E-state index in [4.69, 9.17) is 11.6 Å². The van der Waals surface area contributed by atoms with Crippen LogP contribution in [0.2, 0.25) is 5.02 Å². The van der Waals surface area contributed by atoms with E-state index < -0.39 is 45.0 Å². The van der Waals surface area contributed by atoms with E-state index in [0.29, 0.717) is 52.1 Å². The molecular formula is C34H36ClF3IN8O3-. The van der Waals surface area contributed by atoms with Gasteiger partial charge in [-0.05, 0) is 12.1 Å². The van der Waals surface area contributed by atoms with Crippen molar-refractivity contribution in [1.29, 1.82) is 0 Å². The molecule has 0 unspecified atom stereocenters. The monoisotopic (exact) mass is 823 g/mol. The Morgan fingerprint density at radius 3 is 2.30 bits per heavy atom. The number of benzene rings is 2. The average Bonchev–Trinajstić information content (AvgIpc) is 3.52. The molecule has 0 bridgehead atoms. The van der Waals surface area contributed by atoms with Crippen molar-refractivity contribution in [3.8, 4) is 0 Å². The minimum atomic E-state index is -4.70. The van der Waals surface area contributed by atoms with E-state index in [1.54, 1.807) is 27.2 Å². The number of piperazine rings is 1. The molecule has 2 aromatic carbocycles. The number of alkyl halides is 3. The van der Waals surface area contributed by atoms with E-state index in [9.17, 15) is 27.6 Å². The number of hydrazone groups is 1. The third-order valence-electron chi connectivity index (χ3n) is 9.02. The van der Waals surface area contributed by atoms with E-state index in [1.165, 1.54) is 13.1 Å². The number of urea groups is 1. The van der Waals surface area contributed by atoms with Crippen LogP contribution in [0.1, 0.15) is 29.5 Å². The van der Waals surface area contributed by atoms with Crippen molar-refractivity contribution in [2.75, 3.05) is 56.5 Å². The van der Waals surface area contributed by atoms with Gasteiger partial charge in [0.15, 0.2) is 0 Å². The summed E-state index contributed by atoms with van der Waals surface area (Å²) in [7, 11) is 1.35. The first kappa shape index (κ1) is 35.7. The molecule has 0 spiro atoms. The zero-order chi connectivity index (χ0) is 35.4. The number of likely N-dealkylation sites (tertiary alicyclic amines) is 1. The van der Waals surface area contributed by atoms with Gasteiger partial charge in [0.25, 0.3) is 0 Å². The standard InChI is InChI=1S/C34H36ClF3IN8O3/c1-40-29-26(34(36,37)38)19-22(20-27(29)35)21-28(31(48)45-17-15-44(16-18-45)24-7-11-41-12-8-24)42-33(50)46-13-9-25(10-14-46)47-32(49)39-30(43-47)23-5-3-2-4-6-23/h2-8,11-12,19-20,25,28,40H,9-10,13-18,21H2,1H3,(H,42,50)/q-1/t28-/m1/s1. The fourth-order valence-electron chi connectivity index (χ4n) is 6.39. The summed E-state index contributed by atoms with van der Waals surface area (Å²) in [6.07, 6.45) is -0.499. The number of nitrogens with one attached hydrogen (secondary N) is 2. The van der Waals surface area contributed by atoms with Crippen LogP contribution in [0.3, 0.4) is 0 Å². The number of amides is 4. The molecule has 6 rings (SSSR count). The molecule has 2 saturated heterocycles. The number of aromatic nitrogens is 1. The molecule has 3 aliphatic rings. The molecule has 1 atom stereocenters. The van der Waals surface area contributed by atoms with Crippen molar-refractivity contribution in [2.24, 2.45) is 5.10 Å². The van der Waals surface area contributed by atoms with Gasteiger partial charge in [-0.15, -0.1) is 0 Å². The molecule has 266 valence electrons. The predicted molar refractivity (Wildman–Crippen MR) is 180 cm³/mol. The van der Waals surface area contributed by atoms with Gasteiger partial charge in [0.2, 0.25) is 0 Å². The molecular weight excluding hydrogens is 788 g/mol. The molecule has 2 N–H and O–H groups in total. The normalized spacial score (nSPS) is 18.0. The summed E-state index contributed by atoms with van der Waals surface area (Å²) < 4.78 is 42.8. The van der Waals surface area contributed by atoms with Crippen molar-refractivity contribution in [1.82, 2.24) is 25.1 Å². The smallest absolute Gasteiger partial charge is 0.368 e. The van der Waals surface area contributed by atoms with Crippen LogP contribution in [0.4, 0.5) is 34.1 Å². The number of hydrogen-bond acceptors (Lipinski definition) is 7. The van der Waals surface area contributed by atoms with E-state index >= 15 is 0 Å². The number of nitrogens with zero attached hydrogens (tertiary/aromatic N) is 6. The fourth-order valence-corrected chi connectivity index (χ4v) is 8.93. The Bertz CT molecular complexity index is 1730. The van der Waals surface area contributed by atoms with Gasteiger partial charge in [-0.1, -0.05) is 11.6 Å². The maximum absolute atomic E-state index is 14.0. The summed E-state index contributed by atoms with van der Waals surface area (Å²) in [5, 5.41) is 11.4. The van der Waals surface area contributed by atoms with Crippen molar-refractivity contribution in [3.63, 3.8) is 0 Å². The van der Waals surface area contributed by atoms with Crippen molar-refractivity contribution in [3.05, 3.63) is 88.7 Å². The Morgan fingerprint density at radius 2 is 1.66 bits per heavy atom. The van der Waals surface area contributed by atoms with Crippen LogP contribution < -0.4 is 36.7 Å². The summed E-state index contributed by atoms with van der Waals surface area (Å²) in [4.78, 5) is 49.9. The molecule has 0 radical (unpaired) electrons. The Kier molecular flexibility index (Phi) is 11.0. The van der Waals surface area contributed by atoms with Crippen molar-refractivity contribution in [2.45, 2.75) is 37.5 Å². The molecule has 4 amide bonds. The topological polar surface area (TPSA) is 113 Å². The quantitative estimate of drug-likeness (QED) is 0.205. The van der Waals surface area contributed by atoms with Crippen LogP contribution in [-0.4, -0.2) is 97.8 Å². The molecule has 11 nitrogen and oxygen atoms in total. The number of pyridine rings is 1. The predicted octanol–water partition coefficient (Wildman–Crippen LogP) is 2.12. The second-order valence-corrected chi connectivity index (χ2v) is 15.0. The first-order valence-corrected chi connectivity index (χ1v) is 18.7. The summed E-state index contributed by atoms with van der Waals surface area (Å²) in [6, 6.07) is 13.9. The Morgan fingerprint density at radius 1 is 0.980 bits per heavy atom. The third kappa shape index (κ3) is 8.09. The summed E-state index contributed by atoms with van der Waals surface area (Å²) in [5.41, 5.74) is 0.858. The number of halogens is 5. The van der Waals surface area contributed by atoms with Gasteiger partial charge in [0.05, 0.1) is 16.3 Å². The average molecular weight is 824 g/mol. The van der Waals surface area contributed by atoms with Gasteiger partial charge >= 0.3 is 198 Å². The molecule has 0 aliphatic carbocycles. The Labute approximate surface area is 303 Å². The molecule has 3 aromatic rings. The number of carbonyl (C=O) groups excluding carboxylic acids is 3. The molecule has 0 saturated carbocycles. The Balaban J connectivity index is 1.15. The number of piperidine rings is 1. The van der Waals surface area contributed by atoms with Crippen LogP contribution in [0.5, 0.6) is 0 Å². The van der Waals surface area contributed by atoms with Crippen LogP contribution >= 0.6 is 11.6 Å². The number of carbonyl (C=O) groups is 3. The first-order chi connectivity index (χ1) is 24.0. The van der Waals surface area contributed by atoms with Crippen LogP contribution in [0.25, 0.3) is 0 Å². The van der Waals surface area contributed by atoms with E-state index in [-0.39, 0.29) is 38.6 Å². The van der Waals surface area contributed by atoms with Crippen molar-refractivity contribution < 1.29 is 48.8 Å². The third-order valence-corrected chi connectivity index (χ3v) is 11.6. The van der Waals surface area contributed by atoms with Gasteiger partial charge in [-0.2, -0.15) is 13.2 Å². The fraction of sp³-hybridized carbons (Fsp3) is 0.382. The summed E-state index contributed by atoms with van der Waals surface area (Å²) >= 11 is 5.35. The number of hydrogen-bond donors (Lipinski definition) is 2. The second-order valence-electron chi connectivity index (χ2n) is 12.1. The van der Waals surface area contributed by atoms with E-state index in [0.717, 1.165) is 21.0 Å². The molecule has 50 heavy (non-hydrogen) atoms. The zero-order valence-corrected chi connectivity index (χ0v) is 30.1. The SMILES string of the molecule is CNc1c(Cl)cc(C[C@@H](NC(=O)N2CCC(N3N=C(c4ccccc4)[I-]C3=O)CC2)C(=O)N2CCN(c3ccncc3)CC2)cc1C(F)(F)F. The second kappa shape index (κ2) is 15.4. The first-order valence-electron chi connectivity index (χ1n) is 16.2. The van der Waals surface area contributed by atoms with Crippen LogP contribution in [-0.2, 0) is 17.4 Å². The van der Waals surface area contributed by atoms with Crippen LogP contribution in [0, 0.1) is 0 Å². The number of anilines is 2. The van der Waals surface area contributed by atoms with Gasteiger partial charge < -0.3 is 10.2 Å². The van der Waals surface area contributed by atoms with Gasteiger partial charge in [-0.25, -0.2) is 0 Å². The minimum absolute atomic E-state index is 0.0152. The van der Waals surface area contributed by atoms with E-state index in [1.807, 2.05) is 42.5 Å². The Hall–Kier alpha value is -4.12. The molecule has 1 aromatic heterocycles. The maximum atomic E-state index is 14.0. The van der Waals surface area contributed by atoms with E-state index in [2.05, 4.69) is 25.6 Å². The van der Waals surface area contributed by atoms with Gasteiger partial charge in [0, 0.05) is 38.2 Å². The molecule has 16 heteroatoms. The minimum Gasteiger partial charge on any atom is -0.368 e. The summed E-state index contributed by atoms with van der Waals surface area (Å²) in [6.45, 7) is 2.45. The molecule has 2 fully saturated rings. The number of rotatable bonds is 8.